The molecule has 0 saturated heterocycles. The van der Waals surface area contributed by atoms with Crippen LogP contribution in [0.25, 0.3) is 0 Å². The molecule has 78 valence electrons. The maximum atomic E-state index is 10.4. The molecule has 4 N–H and O–H groups in total. The first-order valence-electron chi connectivity index (χ1n) is 4.12. The van der Waals surface area contributed by atoms with Crippen LogP contribution in [0, 0.1) is 0 Å². The van der Waals surface area contributed by atoms with Crippen LogP contribution < -0.4 is 11.1 Å². The molecule has 15 heavy (non-hydrogen) atoms. The van der Waals surface area contributed by atoms with Crippen LogP contribution in [0.3, 0.4) is 0 Å². The summed E-state index contributed by atoms with van der Waals surface area (Å²) in [5.74, 6) is 1.21. The fraction of sp³-hybridized carbons (Fsp3) is 0.125. The fourth-order valence-corrected chi connectivity index (χ4v) is 2.02. The minimum Gasteiger partial charge on any atom is -0.465 e. The molecule has 0 radical (unpaired) electrons. The van der Waals surface area contributed by atoms with Gasteiger partial charge in [0.2, 0.25) is 0 Å². The molecule has 2 rings (SSSR count). The van der Waals surface area contributed by atoms with Crippen molar-refractivity contribution in [2.75, 3.05) is 16.8 Å². The van der Waals surface area contributed by atoms with Gasteiger partial charge in [-0.3, -0.25) is 10.3 Å². The lowest BCUT2D eigenvalue weighted by Crippen LogP contribution is -2.10. The molecule has 0 saturated carbocycles. The van der Waals surface area contributed by atoms with Gasteiger partial charge in [0.15, 0.2) is 5.82 Å². The number of nitrogens with zero attached hydrogens (tertiary/aromatic N) is 2. The van der Waals surface area contributed by atoms with Gasteiger partial charge in [0.1, 0.15) is 11.5 Å². The summed E-state index contributed by atoms with van der Waals surface area (Å²) in [6.07, 6.45) is 0.584. The number of rotatable bonds is 1. The van der Waals surface area contributed by atoms with Crippen LogP contribution in [-0.4, -0.2) is 28.2 Å². The zero-order chi connectivity index (χ0) is 10.8. The second-order valence-corrected chi connectivity index (χ2v) is 3.85. The smallest absolute Gasteiger partial charge is 0.410 e. The number of carboxylic acid groups (broad SMARTS) is 1. The topological polar surface area (TPSA) is 101 Å². The summed E-state index contributed by atoms with van der Waals surface area (Å²) in [7, 11) is 0. The highest BCUT2D eigenvalue weighted by Gasteiger charge is 2.13. The molecule has 0 aromatic carbocycles. The number of thioether (sulfide) groups is 1. The third kappa shape index (κ3) is 2.01. The number of nitrogens with one attached hydrogen (secondary N) is 1. The second kappa shape index (κ2) is 3.77. The fourth-order valence-electron chi connectivity index (χ4n) is 1.20. The van der Waals surface area contributed by atoms with Gasteiger partial charge in [-0.05, 0) is 6.07 Å². The Morgan fingerprint density at radius 2 is 2.47 bits per heavy atom. The first kappa shape index (κ1) is 9.78. The highest BCUT2D eigenvalue weighted by Crippen LogP contribution is 2.37. The number of fused-ring (bicyclic) bond motifs is 1. The number of carbonyl (C=O) groups is 1. The molecule has 0 bridgehead atoms. The number of hydrogen-bond acceptors (Lipinski definition) is 5. The zero-order valence-corrected chi connectivity index (χ0v) is 8.41. The summed E-state index contributed by atoms with van der Waals surface area (Å²) >= 11 is 1.54. The predicted molar refractivity (Wildman–Crippen MR) is 59.2 cm³/mol. The standard InChI is InChI=1S/C8H8N4O2S/c9-7-6-4(15-2-1-10-6)3-5(11-7)12-8(13)14/h1,3H,2H2,(H,13,14)(H3,9,11,12). The Balaban J connectivity index is 2.41. The van der Waals surface area contributed by atoms with E-state index < -0.39 is 6.09 Å². The van der Waals surface area contributed by atoms with Crippen molar-refractivity contribution in [2.24, 2.45) is 4.99 Å². The van der Waals surface area contributed by atoms with E-state index in [1.165, 1.54) is 0 Å². The van der Waals surface area contributed by atoms with Gasteiger partial charge in [0.25, 0.3) is 0 Å². The van der Waals surface area contributed by atoms with E-state index >= 15 is 0 Å². The van der Waals surface area contributed by atoms with Crippen LogP contribution in [0.5, 0.6) is 0 Å². The summed E-state index contributed by atoms with van der Waals surface area (Å²) < 4.78 is 0. The normalized spacial score (nSPS) is 13.3. The van der Waals surface area contributed by atoms with Crippen molar-refractivity contribution >= 4 is 41.4 Å². The monoisotopic (exact) mass is 224 g/mol. The number of aliphatic imine (C=N–C) groups is 1. The van der Waals surface area contributed by atoms with Crippen molar-refractivity contribution < 1.29 is 9.90 Å². The van der Waals surface area contributed by atoms with Crippen LogP contribution in [-0.2, 0) is 0 Å². The van der Waals surface area contributed by atoms with E-state index in [1.807, 2.05) is 0 Å². The van der Waals surface area contributed by atoms with Crippen LogP contribution in [0.1, 0.15) is 0 Å². The molecule has 0 aliphatic carbocycles. The minimum absolute atomic E-state index is 0.225. The van der Waals surface area contributed by atoms with Gasteiger partial charge in [-0.1, -0.05) is 0 Å². The Labute approximate surface area is 89.6 Å². The predicted octanol–water partition coefficient (Wildman–Crippen LogP) is 1.56. The van der Waals surface area contributed by atoms with Gasteiger partial charge in [-0.25, -0.2) is 9.78 Å². The molecule has 7 heteroatoms. The largest absolute Gasteiger partial charge is 0.465 e. The Morgan fingerprint density at radius 3 is 3.20 bits per heavy atom. The third-order valence-electron chi connectivity index (χ3n) is 1.75. The van der Waals surface area contributed by atoms with E-state index in [-0.39, 0.29) is 11.6 Å². The summed E-state index contributed by atoms with van der Waals surface area (Å²) in [6.45, 7) is 0. The summed E-state index contributed by atoms with van der Waals surface area (Å²) in [4.78, 5) is 19.3. The van der Waals surface area contributed by atoms with E-state index in [2.05, 4.69) is 15.3 Å². The number of amides is 1. The van der Waals surface area contributed by atoms with E-state index in [0.717, 1.165) is 10.6 Å². The van der Waals surface area contributed by atoms with Gasteiger partial charge in [0, 0.05) is 16.9 Å². The molecule has 0 spiro atoms. The molecule has 1 amide bonds. The maximum Gasteiger partial charge on any atom is 0.410 e. The molecule has 0 atom stereocenters. The molecule has 1 aliphatic rings. The Kier molecular flexibility index (Phi) is 2.46. The first-order chi connectivity index (χ1) is 7.16. The van der Waals surface area contributed by atoms with E-state index in [0.29, 0.717) is 5.69 Å². The number of nitrogens with two attached hydrogens (primary N) is 1. The van der Waals surface area contributed by atoms with Crippen LogP contribution in [0.4, 0.5) is 22.1 Å². The van der Waals surface area contributed by atoms with Crippen molar-refractivity contribution in [3.63, 3.8) is 0 Å². The van der Waals surface area contributed by atoms with Gasteiger partial charge in [0.05, 0.1) is 0 Å². The molecule has 1 aliphatic heterocycles. The van der Waals surface area contributed by atoms with E-state index in [9.17, 15) is 4.79 Å². The van der Waals surface area contributed by atoms with E-state index in [4.69, 9.17) is 10.8 Å². The summed E-state index contributed by atoms with van der Waals surface area (Å²) in [5.41, 5.74) is 6.26. The average Bonchev–Trinajstić information content (AvgIpc) is 2.16. The quantitative estimate of drug-likeness (QED) is 0.672. The van der Waals surface area contributed by atoms with Crippen molar-refractivity contribution in [1.82, 2.24) is 4.98 Å². The lowest BCUT2D eigenvalue weighted by atomic mass is 10.3. The number of nitrogen functional groups attached to an aromatic ring is 1. The van der Waals surface area contributed by atoms with Crippen molar-refractivity contribution in [3.05, 3.63) is 6.07 Å². The highest BCUT2D eigenvalue weighted by atomic mass is 32.2. The third-order valence-corrected chi connectivity index (χ3v) is 2.69. The van der Waals surface area contributed by atoms with Crippen LogP contribution in [0.2, 0.25) is 0 Å². The summed E-state index contributed by atoms with van der Waals surface area (Å²) in [6, 6.07) is 1.63. The van der Waals surface area contributed by atoms with Gasteiger partial charge >= 0.3 is 6.09 Å². The Bertz CT molecular complexity index is 447. The van der Waals surface area contributed by atoms with Crippen molar-refractivity contribution in [1.29, 1.82) is 0 Å². The highest BCUT2D eigenvalue weighted by molar-refractivity contribution is 8.00. The lowest BCUT2D eigenvalue weighted by Gasteiger charge is -2.12. The van der Waals surface area contributed by atoms with E-state index in [1.54, 1.807) is 24.0 Å². The molecule has 6 nitrogen and oxygen atoms in total. The molecule has 0 unspecified atom stereocenters. The van der Waals surface area contributed by atoms with Crippen molar-refractivity contribution in [3.8, 4) is 0 Å². The number of aromatic nitrogens is 1. The molecule has 2 heterocycles. The molecule has 0 fully saturated rings. The molecular formula is C8H8N4O2S. The molecule has 1 aromatic heterocycles. The van der Waals surface area contributed by atoms with Crippen molar-refractivity contribution in [2.45, 2.75) is 4.90 Å². The maximum absolute atomic E-state index is 10.4. The molecular weight excluding hydrogens is 216 g/mol. The van der Waals surface area contributed by atoms with Gasteiger partial charge < -0.3 is 10.8 Å². The number of hydrogen-bond donors (Lipinski definition) is 3. The number of pyridine rings is 1. The zero-order valence-electron chi connectivity index (χ0n) is 7.60. The SMILES string of the molecule is Nc1nc(NC(=O)O)cc2c1N=CCS2. The Hall–Kier alpha value is -1.76. The minimum atomic E-state index is -1.16. The van der Waals surface area contributed by atoms with Crippen LogP contribution >= 0.6 is 11.8 Å². The first-order valence-corrected chi connectivity index (χ1v) is 5.11. The lowest BCUT2D eigenvalue weighted by molar-refractivity contribution is 0.209. The summed E-state index contributed by atoms with van der Waals surface area (Å²) in [5, 5.41) is 10.7. The number of anilines is 2. The van der Waals surface area contributed by atoms with Crippen LogP contribution in [0.15, 0.2) is 16.0 Å². The van der Waals surface area contributed by atoms with Gasteiger partial charge in [-0.15, -0.1) is 11.8 Å². The van der Waals surface area contributed by atoms with Gasteiger partial charge in [-0.2, -0.15) is 0 Å². The second-order valence-electron chi connectivity index (χ2n) is 2.79. The Morgan fingerprint density at radius 1 is 1.67 bits per heavy atom. The molecule has 1 aromatic rings. The average molecular weight is 224 g/mol.